The Bertz CT molecular complexity index is 605. The van der Waals surface area contributed by atoms with Crippen LogP contribution in [0.25, 0.3) is 11.0 Å². The minimum atomic E-state index is -0.548. The van der Waals surface area contributed by atoms with Crippen molar-refractivity contribution in [2.45, 2.75) is 25.9 Å². The Hall–Kier alpha value is -1.85. The van der Waals surface area contributed by atoms with E-state index >= 15 is 0 Å². The first-order valence-corrected chi connectivity index (χ1v) is 7.00. The van der Waals surface area contributed by atoms with Crippen LogP contribution in [0.4, 0.5) is 0 Å². The Kier molecular flexibility index (Phi) is 5.36. The van der Waals surface area contributed by atoms with E-state index in [2.05, 4.69) is 5.32 Å². The molecule has 0 aliphatic carbocycles. The molecule has 0 aliphatic heterocycles. The second-order valence-corrected chi connectivity index (χ2v) is 5.19. The largest absolute Gasteiger partial charge is 0.464 e. The summed E-state index contributed by atoms with van der Waals surface area (Å²) in [4.78, 5) is 11.9. The van der Waals surface area contributed by atoms with Gasteiger partial charge in [-0.2, -0.15) is 0 Å². The van der Waals surface area contributed by atoms with Crippen molar-refractivity contribution in [3.05, 3.63) is 35.6 Å². The molecule has 1 aromatic heterocycles. The number of aliphatic hydroxyl groups excluding tert-OH is 1. The van der Waals surface area contributed by atoms with E-state index < -0.39 is 6.10 Å². The van der Waals surface area contributed by atoms with Crippen LogP contribution in [0.3, 0.4) is 0 Å². The molecule has 2 N–H and O–H groups in total. The number of amides is 1. The second kappa shape index (κ2) is 7.24. The molecular formula is C16H21NO4. The molecule has 5 nitrogen and oxygen atoms in total. The third-order valence-corrected chi connectivity index (χ3v) is 3.32. The van der Waals surface area contributed by atoms with Gasteiger partial charge in [-0.05, 0) is 25.0 Å². The average Bonchev–Trinajstić information content (AvgIpc) is 2.81. The first kappa shape index (κ1) is 15.5. The number of methoxy groups -OCH3 is 1. The number of carbonyl (C=O) groups is 1. The molecule has 0 radical (unpaired) electrons. The predicted molar refractivity (Wildman–Crippen MR) is 80.2 cm³/mol. The van der Waals surface area contributed by atoms with Gasteiger partial charge in [0.05, 0.1) is 25.4 Å². The van der Waals surface area contributed by atoms with Gasteiger partial charge in [0, 0.05) is 24.6 Å². The van der Waals surface area contributed by atoms with E-state index in [1.54, 1.807) is 6.26 Å². The minimum Gasteiger partial charge on any atom is -0.464 e. The number of furan rings is 1. The minimum absolute atomic E-state index is 0.0807. The quantitative estimate of drug-likeness (QED) is 0.816. The number of carbonyl (C=O) groups excluding carboxylic acids is 1. The highest BCUT2D eigenvalue weighted by Gasteiger charge is 2.11. The standard InChI is InChI=1S/C16H21NO4/c1-11-3-4-14-12(9-21-15(14)7-11)8-16(19)17-6-5-13(18)10-20-2/h3-4,7,9,13,18H,5-6,8,10H2,1-2H3,(H,17,19). The summed E-state index contributed by atoms with van der Waals surface area (Å²) in [5.74, 6) is -0.0807. The van der Waals surface area contributed by atoms with Crippen LogP contribution in [0.2, 0.25) is 0 Å². The van der Waals surface area contributed by atoms with E-state index in [1.807, 2.05) is 25.1 Å². The van der Waals surface area contributed by atoms with Crippen LogP contribution in [0.15, 0.2) is 28.9 Å². The Morgan fingerprint density at radius 3 is 3.05 bits per heavy atom. The molecule has 1 heterocycles. The van der Waals surface area contributed by atoms with Crippen molar-refractivity contribution in [1.82, 2.24) is 5.32 Å². The van der Waals surface area contributed by atoms with Gasteiger partial charge in [0.2, 0.25) is 5.91 Å². The van der Waals surface area contributed by atoms with Crippen molar-refractivity contribution >= 4 is 16.9 Å². The van der Waals surface area contributed by atoms with Crippen molar-refractivity contribution in [2.75, 3.05) is 20.3 Å². The molecule has 5 heteroatoms. The fourth-order valence-corrected chi connectivity index (χ4v) is 2.22. The first-order valence-electron chi connectivity index (χ1n) is 7.00. The average molecular weight is 291 g/mol. The molecule has 0 bridgehead atoms. The molecule has 1 unspecified atom stereocenters. The molecule has 1 amide bonds. The number of fused-ring (bicyclic) bond motifs is 1. The van der Waals surface area contributed by atoms with Crippen LogP contribution in [0.5, 0.6) is 0 Å². The SMILES string of the molecule is COCC(O)CCNC(=O)Cc1coc2cc(C)ccc12. The summed E-state index contributed by atoms with van der Waals surface area (Å²) < 4.78 is 10.3. The van der Waals surface area contributed by atoms with Crippen molar-refractivity contribution in [3.8, 4) is 0 Å². The van der Waals surface area contributed by atoms with Crippen LogP contribution >= 0.6 is 0 Å². The number of aryl methyl sites for hydroxylation is 1. The number of nitrogens with one attached hydrogen (secondary N) is 1. The third kappa shape index (κ3) is 4.31. The van der Waals surface area contributed by atoms with Gasteiger partial charge in [-0.15, -0.1) is 0 Å². The topological polar surface area (TPSA) is 71.7 Å². The van der Waals surface area contributed by atoms with E-state index in [0.29, 0.717) is 13.0 Å². The monoisotopic (exact) mass is 291 g/mol. The van der Waals surface area contributed by atoms with Crippen LogP contribution in [0, 0.1) is 6.92 Å². The van der Waals surface area contributed by atoms with Gasteiger partial charge in [0.1, 0.15) is 5.58 Å². The summed E-state index contributed by atoms with van der Waals surface area (Å²) in [5.41, 5.74) is 2.80. The van der Waals surface area contributed by atoms with E-state index in [9.17, 15) is 9.90 Å². The molecule has 0 saturated heterocycles. The normalized spacial score (nSPS) is 12.5. The number of benzene rings is 1. The zero-order valence-corrected chi connectivity index (χ0v) is 12.4. The van der Waals surface area contributed by atoms with Gasteiger partial charge in [0.25, 0.3) is 0 Å². The summed E-state index contributed by atoms with van der Waals surface area (Å²) in [6.45, 7) is 2.71. The third-order valence-electron chi connectivity index (χ3n) is 3.32. The number of aliphatic hydroxyl groups is 1. The number of ether oxygens (including phenoxy) is 1. The van der Waals surface area contributed by atoms with Crippen LogP contribution < -0.4 is 5.32 Å². The Morgan fingerprint density at radius 2 is 2.29 bits per heavy atom. The molecule has 0 saturated carbocycles. The van der Waals surface area contributed by atoms with E-state index in [-0.39, 0.29) is 18.9 Å². The van der Waals surface area contributed by atoms with E-state index in [0.717, 1.165) is 22.1 Å². The molecule has 0 fully saturated rings. The molecule has 21 heavy (non-hydrogen) atoms. The smallest absolute Gasteiger partial charge is 0.224 e. The zero-order valence-electron chi connectivity index (χ0n) is 12.4. The summed E-state index contributed by atoms with van der Waals surface area (Å²) >= 11 is 0. The van der Waals surface area contributed by atoms with Gasteiger partial charge in [-0.3, -0.25) is 4.79 Å². The van der Waals surface area contributed by atoms with Gasteiger partial charge in [-0.25, -0.2) is 0 Å². The number of hydrogen-bond donors (Lipinski definition) is 2. The highest BCUT2D eigenvalue weighted by Crippen LogP contribution is 2.22. The maximum atomic E-state index is 11.9. The van der Waals surface area contributed by atoms with Gasteiger partial charge < -0.3 is 19.6 Å². The zero-order chi connectivity index (χ0) is 15.2. The van der Waals surface area contributed by atoms with Crippen molar-refractivity contribution in [3.63, 3.8) is 0 Å². The molecule has 0 aliphatic rings. The molecular weight excluding hydrogens is 270 g/mol. The van der Waals surface area contributed by atoms with Crippen molar-refractivity contribution in [1.29, 1.82) is 0 Å². The van der Waals surface area contributed by atoms with Crippen molar-refractivity contribution in [2.24, 2.45) is 0 Å². The van der Waals surface area contributed by atoms with Crippen molar-refractivity contribution < 1.29 is 19.1 Å². The van der Waals surface area contributed by atoms with E-state index in [1.165, 1.54) is 7.11 Å². The highest BCUT2D eigenvalue weighted by atomic mass is 16.5. The molecule has 1 aromatic carbocycles. The number of rotatable bonds is 7. The van der Waals surface area contributed by atoms with E-state index in [4.69, 9.17) is 9.15 Å². The molecule has 0 spiro atoms. The molecule has 1 atom stereocenters. The van der Waals surface area contributed by atoms with Gasteiger partial charge in [0.15, 0.2) is 0 Å². The second-order valence-electron chi connectivity index (χ2n) is 5.19. The first-order chi connectivity index (χ1) is 10.1. The fourth-order valence-electron chi connectivity index (χ4n) is 2.22. The Balaban J connectivity index is 1.87. The Labute approximate surface area is 123 Å². The maximum absolute atomic E-state index is 11.9. The number of hydrogen-bond acceptors (Lipinski definition) is 4. The van der Waals surface area contributed by atoms with Gasteiger partial charge >= 0.3 is 0 Å². The maximum Gasteiger partial charge on any atom is 0.224 e. The lowest BCUT2D eigenvalue weighted by atomic mass is 10.1. The summed E-state index contributed by atoms with van der Waals surface area (Å²) in [5, 5.41) is 13.3. The fraction of sp³-hybridized carbons (Fsp3) is 0.438. The summed E-state index contributed by atoms with van der Waals surface area (Å²) in [6.07, 6.45) is 1.83. The lowest BCUT2D eigenvalue weighted by molar-refractivity contribution is -0.120. The lowest BCUT2D eigenvalue weighted by Crippen LogP contribution is -2.29. The predicted octanol–water partition coefficient (Wildman–Crippen LogP) is 1.80. The van der Waals surface area contributed by atoms with Crippen LogP contribution in [-0.2, 0) is 16.0 Å². The summed E-state index contributed by atoms with van der Waals surface area (Å²) in [6, 6.07) is 5.93. The molecule has 2 aromatic rings. The summed E-state index contributed by atoms with van der Waals surface area (Å²) in [7, 11) is 1.54. The molecule has 114 valence electrons. The van der Waals surface area contributed by atoms with Crippen LogP contribution in [-0.4, -0.2) is 37.4 Å². The molecule has 2 rings (SSSR count). The van der Waals surface area contributed by atoms with Gasteiger partial charge in [-0.1, -0.05) is 12.1 Å². The Morgan fingerprint density at radius 1 is 1.48 bits per heavy atom. The lowest BCUT2D eigenvalue weighted by Gasteiger charge is -2.09. The van der Waals surface area contributed by atoms with Crippen LogP contribution in [0.1, 0.15) is 17.5 Å². The highest BCUT2D eigenvalue weighted by molar-refractivity contribution is 5.87.